The van der Waals surface area contributed by atoms with Crippen molar-refractivity contribution in [3.05, 3.63) is 91.9 Å². The molecule has 6 nitrogen and oxygen atoms in total. The van der Waals surface area contributed by atoms with Crippen molar-refractivity contribution in [1.82, 2.24) is 18.7 Å². The van der Waals surface area contributed by atoms with E-state index in [1.807, 2.05) is 75.6 Å². The summed E-state index contributed by atoms with van der Waals surface area (Å²) in [6.07, 6.45) is 1.66. The zero-order chi connectivity index (χ0) is 22.3. The fourth-order valence-electron chi connectivity index (χ4n) is 4.11. The van der Waals surface area contributed by atoms with E-state index in [1.165, 1.54) is 4.57 Å². The SMILES string of the molecule is Cc1cccc(Cn2cnc3c2c(=O)n(CC(C)C)c(=O)n3-c2ccc(C)cc2C)c1. The first-order valence-corrected chi connectivity index (χ1v) is 10.6. The standard InChI is InChI=1S/C25H28N4O2/c1-16(2)13-28-24(30)22-23(26-15-27(22)14-20-8-6-7-17(3)12-20)29(25(28)31)21-10-9-18(4)11-19(21)5/h6-12,15-16H,13-14H2,1-5H3. The van der Waals surface area contributed by atoms with Crippen molar-refractivity contribution in [2.24, 2.45) is 5.92 Å². The van der Waals surface area contributed by atoms with E-state index in [-0.39, 0.29) is 17.2 Å². The van der Waals surface area contributed by atoms with Crippen LogP contribution in [0, 0.1) is 26.7 Å². The Bertz CT molecular complexity index is 1390. The number of rotatable bonds is 5. The van der Waals surface area contributed by atoms with E-state index in [2.05, 4.69) is 11.1 Å². The van der Waals surface area contributed by atoms with Crippen LogP contribution in [-0.2, 0) is 13.1 Å². The Morgan fingerprint density at radius 2 is 1.71 bits per heavy atom. The highest BCUT2D eigenvalue weighted by Crippen LogP contribution is 2.19. The molecule has 160 valence electrons. The van der Waals surface area contributed by atoms with Crippen molar-refractivity contribution in [2.75, 3.05) is 0 Å². The van der Waals surface area contributed by atoms with Crippen LogP contribution in [0.5, 0.6) is 0 Å². The molecule has 2 heterocycles. The quantitative estimate of drug-likeness (QED) is 0.494. The molecular weight excluding hydrogens is 388 g/mol. The van der Waals surface area contributed by atoms with E-state index in [0.29, 0.717) is 24.3 Å². The highest BCUT2D eigenvalue weighted by molar-refractivity contribution is 5.73. The van der Waals surface area contributed by atoms with Gasteiger partial charge >= 0.3 is 5.69 Å². The van der Waals surface area contributed by atoms with Gasteiger partial charge < -0.3 is 4.57 Å². The summed E-state index contributed by atoms with van der Waals surface area (Å²) in [6, 6.07) is 14.1. The van der Waals surface area contributed by atoms with E-state index in [9.17, 15) is 9.59 Å². The lowest BCUT2D eigenvalue weighted by Crippen LogP contribution is -2.41. The maximum atomic E-state index is 13.5. The minimum Gasteiger partial charge on any atom is -0.320 e. The third kappa shape index (κ3) is 3.85. The van der Waals surface area contributed by atoms with Crippen molar-refractivity contribution in [3.63, 3.8) is 0 Å². The van der Waals surface area contributed by atoms with E-state index in [1.54, 1.807) is 10.9 Å². The molecular formula is C25H28N4O2. The molecule has 0 radical (unpaired) electrons. The Morgan fingerprint density at radius 3 is 2.39 bits per heavy atom. The van der Waals surface area contributed by atoms with Crippen molar-refractivity contribution in [3.8, 4) is 5.69 Å². The highest BCUT2D eigenvalue weighted by atomic mass is 16.2. The average Bonchev–Trinajstić information content (AvgIpc) is 3.10. The lowest BCUT2D eigenvalue weighted by molar-refractivity contribution is 0.488. The number of fused-ring (bicyclic) bond motifs is 1. The van der Waals surface area contributed by atoms with Gasteiger partial charge in [-0.1, -0.05) is 61.4 Å². The van der Waals surface area contributed by atoms with Crippen molar-refractivity contribution in [1.29, 1.82) is 0 Å². The lowest BCUT2D eigenvalue weighted by Gasteiger charge is -2.16. The van der Waals surface area contributed by atoms with Gasteiger partial charge in [0, 0.05) is 13.1 Å². The van der Waals surface area contributed by atoms with Crippen LogP contribution in [0.3, 0.4) is 0 Å². The van der Waals surface area contributed by atoms with Crippen molar-refractivity contribution in [2.45, 2.75) is 47.7 Å². The fraction of sp³-hybridized carbons (Fsp3) is 0.320. The number of aromatic nitrogens is 4. The van der Waals surface area contributed by atoms with Gasteiger partial charge in [0.15, 0.2) is 11.2 Å². The Kier molecular flexibility index (Phi) is 5.39. The Labute approximate surface area is 181 Å². The lowest BCUT2D eigenvalue weighted by atomic mass is 10.1. The largest absolute Gasteiger partial charge is 0.337 e. The number of imidazole rings is 1. The van der Waals surface area contributed by atoms with Crippen LogP contribution in [0.25, 0.3) is 16.9 Å². The molecule has 0 saturated heterocycles. The molecule has 2 aromatic carbocycles. The number of nitrogens with zero attached hydrogens (tertiary/aromatic N) is 4. The maximum Gasteiger partial charge on any atom is 0.337 e. The smallest absolute Gasteiger partial charge is 0.320 e. The summed E-state index contributed by atoms with van der Waals surface area (Å²) in [7, 11) is 0. The summed E-state index contributed by atoms with van der Waals surface area (Å²) < 4.78 is 4.78. The summed E-state index contributed by atoms with van der Waals surface area (Å²) in [5, 5.41) is 0. The van der Waals surface area contributed by atoms with Crippen LogP contribution in [0.15, 0.2) is 58.4 Å². The van der Waals surface area contributed by atoms with E-state index in [0.717, 1.165) is 27.9 Å². The highest BCUT2D eigenvalue weighted by Gasteiger charge is 2.20. The van der Waals surface area contributed by atoms with Crippen LogP contribution in [0.2, 0.25) is 0 Å². The zero-order valence-corrected chi connectivity index (χ0v) is 18.7. The van der Waals surface area contributed by atoms with Crippen LogP contribution in [-0.4, -0.2) is 18.7 Å². The predicted molar refractivity (Wildman–Crippen MR) is 124 cm³/mol. The predicted octanol–water partition coefficient (Wildman–Crippen LogP) is 3.98. The number of benzene rings is 2. The molecule has 0 saturated carbocycles. The van der Waals surface area contributed by atoms with E-state index in [4.69, 9.17) is 0 Å². The molecule has 0 fully saturated rings. The summed E-state index contributed by atoms with van der Waals surface area (Å²) in [5.74, 6) is 0.156. The summed E-state index contributed by atoms with van der Waals surface area (Å²) in [4.78, 5) is 31.4. The zero-order valence-electron chi connectivity index (χ0n) is 18.7. The fourth-order valence-corrected chi connectivity index (χ4v) is 4.11. The first-order chi connectivity index (χ1) is 14.8. The molecule has 31 heavy (non-hydrogen) atoms. The van der Waals surface area contributed by atoms with Gasteiger partial charge in [0.1, 0.15) is 0 Å². The molecule has 0 spiro atoms. The van der Waals surface area contributed by atoms with Gasteiger partial charge in [-0.3, -0.25) is 9.36 Å². The molecule has 0 bridgehead atoms. The van der Waals surface area contributed by atoms with Gasteiger partial charge in [0.05, 0.1) is 12.0 Å². The van der Waals surface area contributed by atoms with Crippen molar-refractivity contribution < 1.29 is 0 Å². The maximum absolute atomic E-state index is 13.5. The summed E-state index contributed by atoms with van der Waals surface area (Å²) in [6.45, 7) is 10.9. The molecule has 0 aliphatic rings. The second-order valence-corrected chi connectivity index (χ2v) is 8.75. The van der Waals surface area contributed by atoms with Gasteiger partial charge in [-0.05, 0) is 43.9 Å². The Balaban J connectivity index is 2.02. The van der Waals surface area contributed by atoms with Gasteiger partial charge in [-0.25, -0.2) is 14.3 Å². The molecule has 0 N–H and O–H groups in total. The average molecular weight is 417 g/mol. The van der Waals surface area contributed by atoms with E-state index >= 15 is 0 Å². The molecule has 4 aromatic rings. The molecule has 0 unspecified atom stereocenters. The van der Waals surface area contributed by atoms with Crippen LogP contribution in [0.4, 0.5) is 0 Å². The molecule has 0 atom stereocenters. The van der Waals surface area contributed by atoms with Crippen molar-refractivity contribution >= 4 is 11.2 Å². The second kappa shape index (κ2) is 8.02. The summed E-state index contributed by atoms with van der Waals surface area (Å²) in [5.41, 5.74) is 5.27. The van der Waals surface area contributed by atoms with Crippen LogP contribution in [0.1, 0.15) is 36.1 Å². The van der Waals surface area contributed by atoms with Crippen LogP contribution >= 0.6 is 0 Å². The molecule has 6 heteroatoms. The Hall–Kier alpha value is -3.41. The van der Waals surface area contributed by atoms with Crippen LogP contribution < -0.4 is 11.2 Å². The first-order valence-electron chi connectivity index (χ1n) is 10.6. The molecule has 4 rings (SSSR count). The minimum absolute atomic E-state index is 0.156. The van der Waals surface area contributed by atoms with Gasteiger partial charge in [0.2, 0.25) is 0 Å². The Morgan fingerprint density at radius 1 is 0.968 bits per heavy atom. The monoisotopic (exact) mass is 416 g/mol. The number of hydrogen-bond acceptors (Lipinski definition) is 3. The number of hydrogen-bond donors (Lipinski definition) is 0. The number of aryl methyl sites for hydroxylation is 3. The normalized spacial score (nSPS) is 11.5. The first kappa shape index (κ1) is 20.8. The van der Waals surface area contributed by atoms with E-state index < -0.39 is 0 Å². The minimum atomic E-state index is -0.348. The third-order valence-corrected chi connectivity index (χ3v) is 5.48. The topological polar surface area (TPSA) is 61.8 Å². The van der Waals surface area contributed by atoms with Gasteiger partial charge in [-0.15, -0.1) is 0 Å². The molecule has 0 aliphatic heterocycles. The third-order valence-electron chi connectivity index (χ3n) is 5.48. The molecule has 0 amide bonds. The molecule has 0 aliphatic carbocycles. The van der Waals surface area contributed by atoms with Gasteiger partial charge in [0.25, 0.3) is 5.56 Å². The second-order valence-electron chi connectivity index (χ2n) is 8.75. The molecule has 2 aromatic heterocycles. The summed E-state index contributed by atoms with van der Waals surface area (Å²) >= 11 is 0. The van der Waals surface area contributed by atoms with Gasteiger partial charge in [-0.2, -0.15) is 0 Å².